The molecule has 108 valence electrons. The molecule has 2 nitrogen and oxygen atoms in total. The van der Waals surface area contributed by atoms with Crippen LogP contribution in [0.1, 0.15) is 44.9 Å². The molecule has 0 aliphatic carbocycles. The molecular formula is C19H21NO. The predicted molar refractivity (Wildman–Crippen MR) is 87.4 cm³/mol. The van der Waals surface area contributed by atoms with Crippen molar-refractivity contribution in [3.8, 4) is 11.1 Å². The first-order valence-corrected chi connectivity index (χ1v) is 7.74. The van der Waals surface area contributed by atoms with Crippen molar-refractivity contribution in [3.63, 3.8) is 0 Å². The Morgan fingerprint density at radius 3 is 2.62 bits per heavy atom. The van der Waals surface area contributed by atoms with Gasteiger partial charge in [0, 0.05) is 5.92 Å². The van der Waals surface area contributed by atoms with Crippen LogP contribution in [0.25, 0.3) is 22.2 Å². The summed E-state index contributed by atoms with van der Waals surface area (Å²) < 4.78 is 5.91. The fourth-order valence-corrected chi connectivity index (χ4v) is 2.60. The number of nitrogens with zero attached hydrogens (tertiary/aromatic N) is 1. The summed E-state index contributed by atoms with van der Waals surface area (Å²) in [5.41, 5.74) is 4.23. The van der Waals surface area contributed by atoms with Crippen molar-refractivity contribution < 1.29 is 4.42 Å². The van der Waals surface area contributed by atoms with Gasteiger partial charge in [-0.1, -0.05) is 63.1 Å². The molecule has 0 spiro atoms. The van der Waals surface area contributed by atoms with Crippen LogP contribution in [0.15, 0.2) is 52.9 Å². The van der Waals surface area contributed by atoms with Gasteiger partial charge in [0.1, 0.15) is 5.52 Å². The standard InChI is InChI=1S/C19H21NO/c1-3-4-8-14(2)19-20-17-13-16(11-12-18(17)21-19)15-9-6-5-7-10-15/h5-7,9-14H,3-4,8H2,1-2H3. The molecule has 3 rings (SSSR count). The van der Waals surface area contributed by atoms with E-state index in [1.54, 1.807) is 0 Å². The Bertz CT molecular complexity index is 715. The van der Waals surface area contributed by atoms with Gasteiger partial charge in [-0.05, 0) is 29.7 Å². The molecule has 21 heavy (non-hydrogen) atoms. The van der Waals surface area contributed by atoms with Gasteiger partial charge >= 0.3 is 0 Å². The maximum atomic E-state index is 5.91. The van der Waals surface area contributed by atoms with Crippen molar-refractivity contribution in [2.45, 2.75) is 39.0 Å². The van der Waals surface area contributed by atoms with Gasteiger partial charge in [-0.25, -0.2) is 4.98 Å². The van der Waals surface area contributed by atoms with Crippen molar-refractivity contribution in [3.05, 3.63) is 54.4 Å². The lowest BCUT2D eigenvalue weighted by atomic mass is 10.0. The largest absolute Gasteiger partial charge is 0.440 e. The van der Waals surface area contributed by atoms with E-state index in [1.165, 1.54) is 24.0 Å². The van der Waals surface area contributed by atoms with Gasteiger partial charge in [-0.3, -0.25) is 0 Å². The molecule has 2 heteroatoms. The number of rotatable bonds is 5. The summed E-state index contributed by atoms with van der Waals surface area (Å²) in [4.78, 5) is 4.69. The lowest BCUT2D eigenvalue weighted by Crippen LogP contribution is -1.93. The van der Waals surface area contributed by atoms with Crippen molar-refractivity contribution >= 4 is 11.1 Å². The third kappa shape index (κ3) is 2.99. The van der Waals surface area contributed by atoms with E-state index >= 15 is 0 Å². The van der Waals surface area contributed by atoms with E-state index in [0.717, 1.165) is 23.4 Å². The fourth-order valence-electron chi connectivity index (χ4n) is 2.60. The molecule has 1 aromatic heterocycles. The van der Waals surface area contributed by atoms with E-state index in [0.29, 0.717) is 5.92 Å². The van der Waals surface area contributed by atoms with Crippen LogP contribution in [0, 0.1) is 0 Å². The lowest BCUT2D eigenvalue weighted by Gasteiger charge is -2.04. The number of hydrogen-bond acceptors (Lipinski definition) is 2. The third-order valence-corrected chi connectivity index (χ3v) is 3.92. The minimum atomic E-state index is 0.387. The molecule has 0 bridgehead atoms. The zero-order valence-corrected chi connectivity index (χ0v) is 12.7. The first kappa shape index (κ1) is 13.9. The van der Waals surface area contributed by atoms with Gasteiger partial charge in [-0.2, -0.15) is 0 Å². The molecule has 3 aromatic rings. The molecule has 0 N–H and O–H groups in total. The molecular weight excluding hydrogens is 258 g/mol. The minimum Gasteiger partial charge on any atom is -0.440 e. The molecule has 1 heterocycles. The van der Waals surface area contributed by atoms with Crippen LogP contribution in [0.5, 0.6) is 0 Å². The highest BCUT2D eigenvalue weighted by Crippen LogP contribution is 2.28. The van der Waals surface area contributed by atoms with Gasteiger partial charge in [0.25, 0.3) is 0 Å². The summed E-state index contributed by atoms with van der Waals surface area (Å²) in [7, 11) is 0. The normalized spacial score (nSPS) is 12.7. The predicted octanol–water partition coefficient (Wildman–Crippen LogP) is 5.79. The van der Waals surface area contributed by atoms with Crippen LogP contribution in [0.2, 0.25) is 0 Å². The number of benzene rings is 2. The van der Waals surface area contributed by atoms with E-state index < -0.39 is 0 Å². The lowest BCUT2D eigenvalue weighted by molar-refractivity contribution is 0.461. The highest BCUT2D eigenvalue weighted by Gasteiger charge is 2.13. The Hall–Kier alpha value is -2.09. The van der Waals surface area contributed by atoms with Crippen LogP contribution < -0.4 is 0 Å². The second-order valence-electron chi connectivity index (χ2n) is 5.64. The third-order valence-electron chi connectivity index (χ3n) is 3.92. The smallest absolute Gasteiger partial charge is 0.198 e. The summed E-state index contributed by atoms with van der Waals surface area (Å²) in [5, 5.41) is 0. The summed E-state index contributed by atoms with van der Waals surface area (Å²) in [5.74, 6) is 1.25. The molecule has 0 amide bonds. The summed E-state index contributed by atoms with van der Waals surface area (Å²) in [6.07, 6.45) is 3.56. The summed E-state index contributed by atoms with van der Waals surface area (Å²) in [6.45, 7) is 4.41. The topological polar surface area (TPSA) is 26.0 Å². The summed E-state index contributed by atoms with van der Waals surface area (Å²) >= 11 is 0. The second-order valence-corrected chi connectivity index (χ2v) is 5.64. The Kier molecular flexibility index (Phi) is 4.05. The Labute approximate surface area is 125 Å². The van der Waals surface area contributed by atoms with Gasteiger partial charge in [0.05, 0.1) is 0 Å². The molecule has 0 aliphatic rings. The van der Waals surface area contributed by atoms with Crippen molar-refractivity contribution in [2.24, 2.45) is 0 Å². The maximum Gasteiger partial charge on any atom is 0.198 e. The highest BCUT2D eigenvalue weighted by molar-refractivity contribution is 5.80. The first-order chi connectivity index (χ1) is 10.3. The Morgan fingerprint density at radius 2 is 1.86 bits per heavy atom. The van der Waals surface area contributed by atoms with E-state index in [1.807, 2.05) is 12.1 Å². The van der Waals surface area contributed by atoms with Gasteiger partial charge in [-0.15, -0.1) is 0 Å². The molecule has 0 saturated heterocycles. The number of aromatic nitrogens is 1. The fraction of sp³-hybridized carbons (Fsp3) is 0.316. The second kappa shape index (κ2) is 6.13. The van der Waals surface area contributed by atoms with Crippen LogP contribution in [-0.2, 0) is 0 Å². The highest BCUT2D eigenvalue weighted by atomic mass is 16.3. The zero-order valence-electron chi connectivity index (χ0n) is 12.7. The van der Waals surface area contributed by atoms with Crippen LogP contribution in [0.4, 0.5) is 0 Å². The van der Waals surface area contributed by atoms with E-state index in [-0.39, 0.29) is 0 Å². The maximum absolute atomic E-state index is 5.91. The molecule has 0 radical (unpaired) electrons. The monoisotopic (exact) mass is 279 g/mol. The molecule has 1 unspecified atom stereocenters. The first-order valence-electron chi connectivity index (χ1n) is 7.74. The number of fused-ring (bicyclic) bond motifs is 1. The number of oxazole rings is 1. The van der Waals surface area contributed by atoms with Gasteiger partial charge in [0.15, 0.2) is 11.5 Å². The molecule has 2 aromatic carbocycles. The van der Waals surface area contributed by atoms with Gasteiger partial charge in [0.2, 0.25) is 0 Å². The van der Waals surface area contributed by atoms with E-state index in [9.17, 15) is 0 Å². The molecule has 0 fully saturated rings. The Balaban J connectivity index is 1.92. The molecule has 0 aliphatic heterocycles. The van der Waals surface area contributed by atoms with E-state index in [4.69, 9.17) is 4.42 Å². The van der Waals surface area contributed by atoms with Crippen LogP contribution >= 0.6 is 0 Å². The quantitative estimate of drug-likeness (QED) is 0.591. The van der Waals surface area contributed by atoms with Crippen LogP contribution in [0.3, 0.4) is 0 Å². The van der Waals surface area contributed by atoms with Crippen molar-refractivity contribution in [1.29, 1.82) is 0 Å². The number of hydrogen-bond donors (Lipinski definition) is 0. The van der Waals surface area contributed by atoms with Crippen molar-refractivity contribution in [2.75, 3.05) is 0 Å². The SMILES string of the molecule is CCCCC(C)c1nc2cc(-c3ccccc3)ccc2o1. The molecule has 0 saturated carbocycles. The van der Waals surface area contributed by atoms with Gasteiger partial charge < -0.3 is 4.42 Å². The molecule has 1 atom stereocenters. The average molecular weight is 279 g/mol. The Morgan fingerprint density at radius 1 is 1.05 bits per heavy atom. The van der Waals surface area contributed by atoms with Crippen LogP contribution in [-0.4, -0.2) is 4.98 Å². The van der Waals surface area contributed by atoms with Crippen molar-refractivity contribution in [1.82, 2.24) is 4.98 Å². The average Bonchev–Trinajstić information content (AvgIpc) is 2.96. The minimum absolute atomic E-state index is 0.387. The van der Waals surface area contributed by atoms with E-state index in [2.05, 4.69) is 55.2 Å². The number of unbranched alkanes of at least 4 members (excludes halogenated alkanes) is 1. The zero-order chi connectivity index (χ0) is 14.7. The summed E-state index contributed by atoms with van der Waals surface area (Å²) in [6, 6.07) is 16.6.